The Morgan fingerprint density at radius 1 is 1.06 bits per heavy atom. The zero-order valence-corrected chi connectivity index (χ0v) is 18.5. The van der Waals surface area contributed by atoms with Gasteiger partial charge >= 0.3 is 0 Å². The predicted octanol–water partition coefficient (Wildman–Crippen LogP) is 3.04. The third-order valence-corrected chi connectivity index (χ3v) is 4.31. The number of nitrogens with one attached hydrogen (secondary N) is 1. The van der Waals surface area contributed by atoms with E-state index in [4.69, 9.17) is 19.2 Å². The summed E-state index contributed by atoms with van der Waals surface area (Å²) in [4.78, 5) is 27.4. The van der Waals surface area contributed by atoms with Gasteiger partial charge in [-0.15, -0.1) is 0 Å². The summed E-state index contributed by atoms with van der Waals surface area (Å²) in [6.07, 6.45) is 0.648. The molecule has 1 amide bonds. The fraction of sp³-hybridized carbons (Fsp3) is 0.273. The summed E-state index contributed by atoms with van der Waals surface area (Å²) in [6.45, 7) is 1.74. The molecule has 2 aromatic rings. The number of nitrogens with zero attached hydrogens (tertiary/aromatic N) is 3. The Bertz CT molecular complexity index is 1020. The van der Waals surface area contributed by atoms with E-state index in [0.717, 1.165) is 0 Å². The van der Waals surface area contributed by atoms with Gasteiger partial charge in [0.25, 0.3) is 5.91 Å². The smallest absolute Gasteiger partial charge is 0.273 e. The number of hydrogen-bond donors (Lipinski definition) is 1. The summed E-state index contributed by atoms with van der Waals surface area (Å²) in [5.74, 6) is -0.610. The molecule has 0 saturated carbocycles. The van der Waals surface area contributed by atoms with E-state index in [1.165, 1.54) is 46.7 Å². The average Bonchev–Trinajstić information content (AvgIpc) is 2.81. The molecule has 0 heterocycles. The fourth-order valence-electron chi connectivity index (χ4n) is 2.79. The second-order valence-electron chi connectivity index (χ2n) is 6.28. The van der Waals surface area contributed by atoms with Crippen LogP contribution >= 0.6 is 0 Å². The van der Waals surface area contributed by atoms with Gasteiger partial charge in [-0.25, -0.2) is 4.39 Å². The SMILES string of the molecule is CNC(=O)C(=NOC)c1ccccc1C(C)ON=CC(=NOC)c1ccc(OC)cc1F. The Kier molecular flexibility index (Phi) is 9.15. The average molecular weight is 444 g/mol. The third-order valence-electron chi connectivity index (χ3n) is 4.31. The van der Waals surface area contributed by atoms with Gasteiger partial charge in [0.2, 0.25) is 0 Å². The number of methoxy groups -OCH3 is 1. The number of halogens is 1. The van der Waals surface area contributed by atoms with Gasteiger partial charge in [-0.1, -0.05) is 39.7 Å². The fourth-order valence-corrected chi connectivity index (χ4v) is 2.79. The quantitative estimate of drug-likeness (QED) is 0.448. The molecule has 0 fully saturated rings. The molecule has 170 valence electrons. The molecular formula is C22H25FN4O5. The Hall–Kier alpha value is -3.95. The molecule has 2 rings (SSSR count). The highest BCUT2D eigenvalue weighted by Crippen LogP contribution is 2.23. The molecule has 32 heavy (non-hydrogen) atoms. The van der Waals surface area contributed by atoms with Crippen LogP contribution < -0.4 is 10.1 Å². The lowest BCUT2D eigenvalue weighted by atomic mass is 9.99. The molecule has 0 saturated heterocycles. The molecule has 0 aliphatic carbocycles. The van der Waals surface area contributed by atoms with Crippen LogP contribution in [-0.2, 0) is 19.3 Å². The maximum atomic E-state index is 14.4. The number of rotatable bonds is 10. The zero-order valence-electron chi connectivity index (χ0n) is 18.5. The molecule has 0 spiro atoms. The highest BCUT2D eigenvalue weighted by molar-refractivity contribution is 6.45. The maximum Gasteiger partial charge on any atom is 0.273 e. The van der Waals surface area contributed by atoms with Crippen LogP contribution in [0.4, 0.5) is 4.39 Å². The van der Waals surface area contributed by atoms with Crippen LogP contribution in [0.1, 0.15) is 29.7 Å². The third kappa shape index (κ3) is 6.03. The second-order valence-corrected chi connectivity index (χ2v) is 6.28. The van der Waals surface area contributed by atoms with Crippen molar-refractivity contribution in [3.05, 3.63) is 65.0 Å². The number of carbonyl (C=O) groups excluding carboxylic acids is 1. The summed E-state index contributed by atoms with van der Waals surface area (Å²) >= 11 is 0. The molecule has 0 aromatic heterocycles. The Morgan fingerprint density at radius 2 is 1.78 bits per heavy atom. The van der Waals surface area contributed by atoms with Crippen LogP contribution in [0, 0.1) is 5.82 Å². The van der Waals surface area contributed by atoms with E-state index in [0.29, 0.717) is 16.9 Å². The lowest BCUT2D eigenvalue weighted by Crippen LogP contribution is -2.29. The van der Waals surface area contributed by atoms with Gasteiger partial charge in [0.1, 0.15) is 37.6 Å². The Morgan fingerprint density at radius 3 is 2.41 bits per heavy atom. The predicted molar refractivity (Wildman–Crippen MR) is 119 cm³/mol. The van der Waals surface area contributed by atoms with E-state index in [1.807, 2.05) is 0 Å². The molecule has 0 aliphatic heterocycles. The van der Waals surface area contributed by atoms with E-state index in [1.54, 1.807) is 37.3 Å². The van der Waals surface area contributed by atoms with Gasteiger partial charge in [0, 0.05) is 29.8 Å². The van der Waals surface area contributed by atoms with Crippen LogP contribution in [0.3, 0.4) is 0 Å². The molecular weight excluding hydrogens is 419 g/mol. The van der Waals surface area contributed by atoms with Crippen molar-refractivity contribution in [2.75, 3.05) is 28.4 Å². The first-order chi connectivity index (χ1) is 15.5. The number of hydrogen-bond acceptors (Lipinski definition) is 8. The lowest BCUT2D eigenvalue weighted by molar-refractivity contribution is -0.114. The zero-order chi connectivity index (χ0) is 23.5. The lowest BCUT2D eigenvalue weighted by Gasteiger charge is -2.15. The Labute approximate surface area is 185 Å². The van der Waals surface area contributed by atoms with Crippen molar-refractivity contribution >= 4 is 23.5 Å². The van der Waals surface area contributed by atoms with E-state index in [9.17, 15) is 9.18 Å². The van der Waals surface area contributed by atoms with Gasteiger partial charge < -0.3 is 24.6 Å². The van der Waals surface area contributed by atoms with Crippen LogP contribution in [-0.4, -0.2) is 51.9 Å². The minimum atomic E-state index is -0.585. The highest BCUT2D eigenvalue weighted by Gasteiger charge is 2.21. The van der Waals surface area contributed by atoms with Crippen molar-refractivity contribution in [1.29, 1.82) is 0 Å². The number of oxime groups is 3. The molecule has 9 nitrogen and oxygen atoms in total. The largest absolute Gasteiger partial charge is 0.497 e. The van der Waals surface area contributed by atoms with Crippen molar-refractivity contribution in [3.63, 3.8) is 0 Å². The van der Waals surface area contributed by atoms with Gasteiger partial charge in [-0.05, 0) is 19.1 Å². The number of likely N-dealkylation sites (N-methyl/N-ethyl adjacent to an activating group) is 1. The number of carbonyl (C=O) groups is 1. The van der Waals surface area contributed by atoms with Crippen LogP contribution in [0.15, 0.2) is 57.9 Å². The number of ether oxygens (including phenoxy) is 1. The van der Waals surface area contributed by atoms with Crippen molar-refractivity contribution in [1.82, 2.24) is 5.32 Å². The first-order valence-electron chi connectivity index (χ1n) is 9.53. The normalized spacial score (nSPS) is 12.9. The number of amides is 1. The van der Waals surface area contributed by atoms with E-state index in [-0.39, 0.29) is 17.0 Å². The first kappa shape index (κ1) is 24.3. The van der Waals surface area contributed by atoms with Gasteiger partial charge in [0.15, 0.2) is 5.71 Å². The Balaban J connectivity index is 2.28. The summed E-state index contributed by atoms with van der Waals surface area (Å²) in [7, 11) is 5.63. The summed E-state index contributed by atoms with van der Waals surface area (Å²) < 4.78 is 19.4. The molecule has 1 unspecified atom stereocenters. The van der Waals surface area contributed by atoms with Crippen LogP contribution in [0.2, 0.25) is 0 Å². The maximum absolute atomic E-state index is 14.4. The van der Waals surface area contributed by atoms with Gasteiger partial charge in [0.05, 0.1) is 13.3 Å². The summed E-state index contributed by atoms with van der Waals surface area (Å²) in [5.41, 5.74) is 1.52. The van der Waals surface area contributed by atoms with Crippen molar-refractivity contribution in [2.45, 2.75) is 13.0 Å². The highest BCUT2D eigenvalue weighted by atomic mass is 19.1. The standard InChI is InChI=1S/C22H25FN4O5/c1-14(16-8-6-7-9-17(16)21(27-31-5)22(28)24-2)32-25-13-20(26-30-4)18-11-10-15(29-3)12-19(18)23/h6-14H,1-5H3,(H,24,28). The monoisotopic (exact) mass is 444 g/mol. The van der Waals surface area contributed by atoms with Crippen LogP contribution in [0.5, 0.6) is 5.75 Å². The van der Waals surface area contributed by atoms with Gasteiger partial charge in [-0.2, -0.15) is 0 Å². The number of benzene rings is 2. The first-order valence-corrected chi connectivity index (χ1v) is 9.53. The van der Waals surface area contributed by atoms with E-state index < -0.39 is 17.8 Å². The minimum Gasteiger partial charge on any atom is -0.497 e. The van der Waals surface area contributed by atoms with Crippen molar-refractivity contribution in [2.24, 2.45) is 15.5 Å². The topological polar surface area (TPSA) is 103 Å². The van der Waals surface area contributed by atoms with E-state index >= 15 is 0 Å². The minimum absolute atomic E-state index is 0.0898. The van der Waals surface area contributed by atoms with Crippen molar-refractivity contribution < 1.29 is 28.4 Å². The van der Waals surface area contributed by atoms with Crippen molar-refractivity contribution in [3.8, 4) is 5.75 Å². The molecule has 10 heteroatoms. The summed E-state index contributed by atoms with van der Waals surface area (Å²) in [5, 5.41) is 14.1. The second kappa shape index (κ2) is 12.0. The molecule has 0 radical (unpaired) electrons. The summed E-state index contributed by atoms with van der Waals surface area (Å²) in [6, 6.07) is 11.4. The molecule has 0 aliphatic rings. The van der Waals surface area contributed by atoms with Crippen LogP contribution in [0.25, 0.3) is 0 Å². The molecule has 2 aromatic carbocycles. The molecule has 1 N–H and O–H groups in total. The van der Waals surface area contributed by atoms with E-state index in [2.05, 4.69) is 20.8 Å². The van der Waals surface area contributed by atoms with Gasteiger partial charge in [-0.3, -0.25) is 4.79 Å². The molecule has 0 bridgehead atoms. The molecule has 1 atom stereocenters.